The van der Waals surface area contributed by atoms with Crippen molar-refractivity contribution in [1.82, 2.24) is 0 Å². The van der Waals surface area contributed by atoms with E-state index in [0.29, 0.717) is 22.4 Å². The summed E-state index contributed by atoms with van der Waals surface area (Å²) in [6.07, 6.45) is -0.338. The molecule has 0 saturated carbocycles. The van der Waals surface area contributed by atoms with Gasteiger partial charge in [-0.25, -0.2) is 4.79 Å². The Bertz CT molecular complexity index is 1410. The van der Waals surface area contributed by atoms with Crippen molar-refractivity contribution in [1.29, 1.82) is 0 Å². The number of aliphatic hydroxyl groups excluding tert-OH is 1. The molecule has 1 aliphatic heterocycles. The molecule has 1 fully saturated rings. The third-order valence-corrected chi connectivity index (χ3v) is 6.04. The topological polar surface area (TPSA) is 113 Å². The maximum absolute atomic E-state index is 13.4. The van der Waals surface area contributed by atoms with Crippen LogP contribution in [0.3, 0.4) is 0 Å². The molecule has 190 valence electrons. The summed E-state index contributed by atoms with van der Waals surface area (Å²) in [5.41, 5.74) is 1.88. The van der Waals surface area contributed by atoms with Gasteiger partial charge in [-0.3, -0.25) is 14.5 Å². The number of nitrogens with zero attached hydrogens (tertiary/aromatic N) is 1. The summed E-state index contributed by atoms with van der Waals surface area (Å²) in [6.45, 7) is 5.21. The van der Waals surface area contributed by atoms with Crippen molar-refractivity contribution in [2.45, 2.75) is 32.9 Å². The number of phenolic OH excluding ortho intramolecular Hbond substituents is 1. The van der Waals surface area contributed by atoms with Crippen LogP contribution in [0.25, 0.3) is 5.76 Å². The van der Waals surface area contributed by atoms with Gasteiger partial charge in [-0.2, -0.15) is 0 Å². The molecule has 1 heterocycles. The van der Waals surface area contributed by atoms with E-state index in [0.717, 1.165) is 0 Å². The zero-order chi connectivity index (χ0) is 26.9. The molecule has 8 nitrogen and oxygen atoms in total. The Hall–Kier alpha value is -4.59. The zero-order valence-corrected chi connectivity index (χ0v) is 20.9. The van der Waals surface area contributed by atoms with Crippen LogP contribution in [0, 0.1) is 6.92 Å². The fourth-order valence-electron chi connectivity index (χ4n) is 4.31. The van der Waals surface area contributed by atoms with Crippen molar-refractivity contribution in [2.75, 3.05) is 12.0 Å². The van der Waals surface area contributed by atoms with Gasteiger partial charge < -0.3 is 19.7 Å². The SMILES string of the molecule is COc1ccc(/C(O)=C2/C(=O)C(=O)N(c3cccc(C(=O)OC(C)C)c3)C2c2ccc(O)cc2)c(C)c1. The quantitative estimate of drug-likeness (QED) is 0.214. The molecular weight excluding hydrogens is 474 g/mol. The Morgan fingerprint density at radius 2 is 1.70 bits per heavy atom. The molecule has 4 rings (SSSR count). The van der Waals surface area contributed by atoms with Crippen LogP contribution in [-0.2, 0) is 14.3 Å². The van der Waals surface area contributed by atoms with Gasteiger partial charge in [0.1, 0.15) is 17.3 Å². The van der Waals surface area contributed by atoms with E-state index in [1.54, 1.807) is 69.3 Å². The lowest BCUT2D eigenvalue weighted by atomic mass is 9.93. The van der Waals surface area contributed by atoms with Crippen LogP contribution < -0.4 is 9.64 Å². The normalized spacial score (nSPS) is 16.8. The first-order valence-corrected chi connectivity index (χ1v) is 11.7. The molecule has 1 amide bonds. The second-order valence-corrected chi connectivity index (χ2v) is 8.95. The molecule has 3 aromatic carbocycles. The Labute approximate surface area is 214 Å². The third kappa shape index (κ3) is 4.91. The maximum atomic E-state index is 13.4. The summed E-state index contributed by atoms with van der Waals surface area (Å²) in [4.78, 5) is 40.5. The standard InChI is InChI=1S/C29H27NO7/c1-16(2)37-29(35)19-6-5-7-20(15-19)30-25(18-8-10-21(31)11-9-18)24(27(33)28(30)34)26(32)23-13-12-22(36-4)14-17(23)3/h5-16,25,31-32H,1-4H3/b26-24-. The summed E-state index contributed by atoms with van der Waals surface area (Å²) in [7, 11) is 1.52. The van der Waals surface area contributed by atoms with E-state index in [-0.39, 0.29) is 34.4 Å². The number of rotatable bonds is 6. The van der Waals surface area contributed by atoms with Gasteiger partial charge in [0, 0.05) is 11.3 Å². The van der Waals surface area contributed by atoms with E-state index in [4.69, 9.17) is 9.47 Å². The highest BCUT2D eigenvalue weighted by Crippen LogP contribution is 2.43. The van der Waals surface area contributed by atoms with Crippen molar-refractivity contribution in [3.05, 3.63) is 94.6 Å². The average Bonchev–Trinajstić information content (AvgIpc) is 3.14. The minimum atomic E-state index is -1.02. The summed E-state index contributed by atoms with van der Waals surface area (Å²) in [6, 6.07) is 16.2. The number of carbonyl (C=O) groups is 3. The number of aliphatic hydroxyl groups is 1. The van der Waals surface area contributed by atoms with Crippen LogP contribution in [0.1, 0.15) is 46.9 Å². The maximum Gasteiger partial charge on any atom is 0.338 e. The van der Waals surface area contributed by atoms with E-state index in [1.807, 2.05) is 0 Å². The molecular formula is C29H27NO7. The number of esters is 1. The van der Waals surface area contributed by atoms with Crippen LogP contribution in [0.4, 0.5) is 5.69 Å². The first-order valence-electron chi connectivity index (χ1n) is 11.7. The smallest absolute Gasteiger partial charge is 0.338 e. The number of ketones is 1. The highest BCUT2D eigenvalue weighted by Gasteiger charge is 2.47. The van der Waals surface area contributed by atoms with Gasteiger partial charge in [0.25, 0.3) is 11.7 Å². The monoisotopic (exact) mass is 501 g/mol. The number of hydrogen-bond donors (Lipinski definition) is 2. The van der Waals surface area contributed by atoms with Crippen LogP contribution >= 0.6 is 0 Å². The summed E-state index contributed by atoms with van der Waals surface area (Å²) < 4.78 is 10.5. The Morgan fingerprint density at radius 1 is 1.00 bits per heavy atom. The van der Waals surface area contributed by atoms with Crippen molar-refractivity contribution in [2.24, 2.45) is 0 Å². The number of aryl methyl sites for hydroxylation is 1. The molecule has 1 unspecified atom stereocenters. The van der Waals surface area contributed by atoms with E-state index in [9.17, 15) is 24.6 Å². The number of anilines is 1. The molecule has 0 aliphatic carbocycles. The summed E-state index contributed by atoms with van der Waals surface area (Å²) in [5, 5.41) is 21.2. The number of phenols is 1. The molecule has 2 N–H and O–H groups in total. The van der Waals surface area contributed by atoms with Crippen molar-refractivity contribution >= 4 is 29.1 Å². The molecule has 1 aliphatic rings. The number of Topliss-reactive ketones (excluding diaryl/α,β-unsaturated/α-hetero) is 1. The molecule has 3 aromatic rings. The van der Waals surface area contributed by atoms with E-state index >= 15 is 0 Å². The van der Waals surface area contributed by atoms with Crippen LogP contribution in [0.15, 0.2) is 72.3 Å². The van der Waals surface area contributed by atoms with Gasteiger partial charge in [-0.1, -0.05) is 18.2 Å². The van der Waals surface area contributed by atoms with E-state index in [2.05, 4.69) is 0 Å². The first kappa shape index (κ1) is 25.5. The summed E-state index contributed by atoms with van der Waals surface area (Å²) >= 11 is 0. The number of methoxy groups -OCH3 is 1. The van der Waals surface area contributed by atoms with Crippen molar-refractivity contribution < 1.29 is 34.1 Å². The molecule has 0 bridgehead atoms. The first-order chi connectivity index (χ1) is 17.6. The highest BCUT2D eigenvalue weighted by atomic mass is 16.5. The molecule has 0 aromatic heterocycles. The number of benzene rings is 3. The van der Waals surface area contributed by atoms with Crippen LogP contribution in [0.2, 0.25) is 0 Å². The van der Waals surface area contributed by atoms with E-state index < -0.39 is 23.7 Å². The third-order valence-electron chi connectivity index (χ3n) is 6.04. The second kappa shape index (κ2) is 10.2. The van der Waals surface area contributed by atoms with Gasteiger partial charge in [0.05, 0.1) is 30.4 Å². The predicted octanol–water partition coefficient (Wildman–Crippen LogP) is 4.90. The second-order valence-electron chi connectivity index (χ2n) is 8.95. The minimum absolute atomic E-state index is 0.00475. The fourth-order valence-corrected chi connectivity index (χ4v) is 4.31. The molecule has 1 saturated heterocycles. The van der Waals surface area contributed by atoms with Crippen LogP contribution in [-0.4, -0.2) is 41.1 Å². The largest absolute Gasteiger partial charge is 0.508 e. The summed E-state index contributed by atoms with van der Waals surface area (Å²) in [5.74, 6) is -2.06. The predicted molar refractivity (Wildman–Crippen MR) is 138 cm³/mol. The average molecular weight is 502 g/mol. The van der Waals surface area contributed by atoms with Gasteiger partial charge in [0.2, 0.25) is 0 Å². The molecule has 0 spiro atoms. The Kier molecular flexibility index (Phi) is 7.02. The molecule has 1 atom stereocenters. The van der Waals surface area contributed by atoms with Crippen molar-refractivity contribution in [3.8, 4) is 11.5 Å². The minimum Gasteiger partial charge on any atom is -0.508 e. The van der Waals surface area contributed by atoms with Gasteiger partial charge in [-0.05, 0) is 80.4 Å². The highest BCUT2D eigenvalue weighted by molar-refractivity contribution is 6.51. The van der Waals surface area contributed by atoms with Gasteiger partial charge in [0.15, 0.2) is 0 Å². The lowest BCUT2D eigenvalue weighted by molar-refractivity contribution is -0.132. The molecule has 8 heteroatoms. The number of ether oxygens (including phenoxy) is 2. The van der Waals surface area contributed by atoms with Crippen molar-refractivity contribution in [3.63, 3.8) is 0 Å². The zero-order valence-electron chi connectivity index (χ0n) is 20.9. The van der Waals surface area contributed by atoms with E-state index in [1.165, 1.54) is 30.2 Å². The number of carbonyl (C=O) groups excluding carboxylic acids is 3. The van der Waals surface area contributed by atoms with Gasteiger partial charge >= 0.3 is 5.97 Å². The molecule has 37 heavy (non-hydrogen) atoms. The number of hydrogen-bond acceptors (Lipinski definition) is 7. The Balaban J connectivity index is 1.90. The lowest BCUT2D eigenvalue weighted by Gasteiger charge is -2.26. The van der Waals surface area contributed by atoms with Crippen LogP contribution in [0.5, 0.6) is 11.5 Å². The fraction of sp³-hybridized carbons (Fsp3) is 0.207. The number of amides is 1. The lowest BCUT2D eigenvalue weighted by Crippen LogP contribution is -2.29. The molecule has 0 radical (unpaired) electrons. The van der Waals surface area contributed by atoms with Gasteiger partial charge in [-0.15, -0.1) is 0 Å². The Morgan fingerprint density at radius 3 is 2.32 bits per heavy atom. The number of aromatic hydroxyl groups is 1.